The molecule has 3 N–H and O–H groups in total. The third-order valence-corrected chi connectivity index (χ3v) is 4.14. The molecule has 0 radical (unpaired) electrons. The largest absolute Gasteiger partial charge is 0.399 e. The third kappa shape index (κ3) is 5.08. The van der Waals surface area contributed by atoms with Crippen molar-refractivity contribution < 1.29 is 9.59 Å². The molecule has 2 amide bonds. The van der Waals surface area contributed by atoms with Crippen molar-refractivity contribution in [2.24, 2.45) is 0 Å². The van der Waals surface area contributed by atoms with Crippen molar-refractivity contribution in [3.8, 4) is 0 Å². The van der Waals surface area contributed by atoms with Gasteiger partial charge in [-0.3, -0.25) is 9.59 Å². The van der Waals surface area contributed by atoms with Gasteiger partial charge < -0.3 is 16.0 Å². The Morgan fingerprint density at radius 1 is 1.00 bits per heavy atom. The summed E-state index contributed by atoms with van der Waals surface area (Å²) in [6, 6.07) is 14.5. The summed E-state index contributed by atoms with van der Waals surface area (Å²) in [4.78, 5) is 26.1. The Hall–Kier alpha value is -2.82. The second-order valence-electron chi connectivity index (χ2n) is 5.80. The van der Waals surface area contributed by atoms with E-state index in [2.05, 4.69) is 5.32 Å². The van der Waals surface area contributed by atoms with Crippen LogP contribution in [0.3, 0.4) is 0 Å². The predicted octanol–water partition coefficient (Wildman–Crippen LogP) is 3.32. The van der Waals surface area contributed by atoms with E-state index in [9.17, 15) is 9.59 Å². The maximum absolute atomic E-state index is 12.3. The number of hydrogen-bond acceptors (Lipinski definition) is 3. The minimum atomic E-state index is -0.0777. The first-order chi connectivity index (χ1) is 12.0. The number of hydrogen-bond donors (Lipinski definition) is 2. The summed E-state index contributed by atoms with van der Waals surface area (Å²) >= 11 is 0. The van der Waals surface area contributed by atoms with Crippen molar-refractivity contribution in [3.05, 3.63) is 59.7 Å². The first-order valence-electron chi connectivity index (χ1n) is 8.57. The molecule has 2 rings (SSSR count). The maximum Gasteiger partial charge on any atom is 0.253 e. The number of nitrogens with two attached hydrogens (primary N) is 1. The van der Waals surface area contributed by atoms with Gasteiger partial charge in [-0.1, -0.05) is 18.2 Å². The molecule has 0 aliphatic carbocycles. The molecule has 0 saturated carbocycles. The fourth-order valence-corrected chi connectivity index (χ4v) is 2.62. The highest BCUT2D eigenvalue weighted by molar-refractivity contribution is 5.95. The Morgan fingerprint density at radius 2 is 1.64 bits per heavy atom. The number of carbonyl (C=O) groups is 2. The molecule has 0 saturated heterocycles. The van der Waals surface area contributed by atoms with Gasteiger partial charge in [0.15, 0.2) is 0 Å². The van der Waals surface area contributed by atoms with Crippen molar-refractivity contribution in [1.29, 1.82) is 0 Å². The highest BCUT2D eigenvalue weighted by atomic mass is 16.2. The summed E-state index contributed by atoms with van der Waals surface area (Å²) in [6.45, 7) is 5.26. The molecule has 25 heavy (non-hydrogen) atoms. The minimum Gasteiger partial charge on any atom is -0.399 e. The molecule has 0 aromatic heterocycles. The molecular formula is C20H25N3O2. The summed E-state index contributed by atoms with van der Waals surface area (Å²) < 4.78 is 0. The van der Waals surface area contributed by atoms with Gasteiger partial charge in [0.25, 0.3) is 5.91 Å². The van der Waals surface area contributed by atoms with Crippen LogP contribution in [0.2, 0.25) is 0 Å². The van der Waals surface area contributed by atoms with Gasteiger partial charge in [0, 0.05) is 36.4 Å². The predicted molar refractivity (Wildman–Crippen MR) is 101 cm³/mol. The molecule has 0 aliphatic heterocycles. The Morgan fingerprint density at radius 3 is 2.24 bits per heavy atom. The van der Waals surface area contributed by atoms with Gasteiger partial charge >= 0.3 is 0 Å². The number of nitrogens with one attached hydrogen (secondary N) is 1. The van der Waals surface area contributed by atoms with Gasteiger partial charge in [-0.2, -0.15) is 0 Å². The van der Waals surface area contributed by atoms with E-state index >= 15 is 0 Å². The van der Waals surface area contributed by atoms with Crippen LogP contribution in [-0.4, -0.2) is 29.8 Å². The SMILES string of the molecule is CCN(CC)C(=O)c1ccc(NC(=O)CCc2ccccc2N)cc1. The number of nitrogens with zero attached hydrogens (tertiary/aromatic N) is 1. The van der Waals surface area contributed by atoms with Crippen LogP contribution in [0, 0.1) is 0 Å². The van der Waals surface area contributed by atoms with E-state index in [0.717, 1.165) is 5.56 Å². The Balaban J connectivity index is 1.91. The lowest BCUT2D eigenvalue weighted by atomic mass is 10.1. The minimum absolute atomic E-state index is 0.00225. The normalized spacial score (nSPS) is 10.3. The molecule has 5 heteroatoms. The zero-order valence-corrected chi connectivity index (χ0v) is 14.8. The summed E-state index contributed by atoms with van der Waals surface area (Å²) in [6.07, 6.45) is 0.950. The fraction of sp³-hybridized carbons (Fsp3) is 0.300. The molecule has 0 atom stereocenters. The van der Waals surface area contributed by atoms with Gasteiger partial charge in [0.05, 0.1) is 0 Å². The van der Waals surface area contributed by atoms with E-state index in [1.54, 1.807) is 29.2 Å². The van der Waals surface area contributed by atoms with Crippen molar-refractivity contribution in [2.45, 2.75) is 26.7 Å². The summed E-state index contributed by atoms with van der Waals surface area (Å²) in [5.74, 6) is -0.0755. The number of benzene rings is 2. The van der Waals surface area contributed by atoms with Gasteiger partial charge in [-0.15, -0.1) is 0 Å². The average molecular weight is 339 g/mol. The number of nitrogen functional groups attached to an aromatic ring is 1. The molecular weight excluding hydrogens is 314 g/mol. The number of amides is 2. The standard InChI is InChI=1S/C20H25N3O2/c1-3-23(4-2)20(25)16-9-12-17(13-10-16)22-19(24)14-11-15-7-5-6-8-18(15)21/h5-10,12-13H,3-4,11,14,21H2,1-2H3,(H,22,24). The maximum atomic E-state index is 12.3. The summed E-state index contributed by atoms with van der Waals surface area (Å²) in [7, 11) is 0. The third-order valence-electron chi connectivity index (χ3n) is 4.14. The summed E-state index contributed by atoms with van der Waals surface area (Å²) in [5, 5.41) is 2.85. The Kier molecular flexibility index (Phi) is 6.57. The van der Waals surface area contributed by atoms with Crippen molar-refractivity contribution in [3.63, 3.8) is 0 Å². The molecule has 0 bridgehead atoms. The Labute approximate surface area is 148 Å². The molecule has 0 spiro atoms. The number of anilines is 2. The first-order valence-corrected chi connectivity index (χ1v) is 8.57. The van der Waals surface area contributed by atoms with Crippen LogP contribution in [0.15, 0.2) is 48.5 Å². The van der Waals surface area contributed by atoms with Crippen LogP contribution < -0.4 is 11.1 Å². The van der Waals surface area contributed by atoms with E-state index in [-0.39, 0.29) is 11.8 Å². The molecule has 2 aromatic rings. The second kappa shape index (κ2) is 8.87. The lowest BCUT2D eigenvalue weighted by Crippen LogP contribution is -2.30. The monoisotopic (exact) mass is 339 g/mol. The molecule has 0 unspecified atom stereocenters. The summed E-state index contributed by atoms with van der Waals surface area (Å²) in [5.41, 5.74) is 8.86. The molecule has 0 heterocycles. The van der Waals surface area contributed by atoms with Crippen LogP contribution in [0.1, 0.15) is 36.2 Å². The van der Waals surface area contributed by atoms with Crippen LogP contribution in [0.5, 0.6) is 0 Å². The molecule has 132 valence electrons. The van der Waals surface area contributed by atoms with E-state index < -0.39 is 0 Å². The lowest BCUT2D eigenvalue weighted by Gasteiger charge is -2.18. The van der Waals surface area contributed by atoms with Crippen LogP contribution in [0.25, 0.3) is 0 Å². The molecule has 5 nitrogen and oxygen atoms in total. The number of aryl methyl sites for hydroxylation is 1. The highest BCUT2D eigenvalue weighted by Crippen LogP contribution is 2.15. The first kappa shape index (κ1) is 18.5. The molecule has 2 aromatic carbocycles. The Bertz CT molecular complexity index is 722. The second-order valence-corrected chi connectivity index (χ2v) is 5.80. The van der Waals surface area contributed by atoms with Crippen LogP contribution in [-0.2, 0) is 11.2 Å². The zero-order valence-electron chi connectivity index (χ0n) is 14.8. The van der Waals surface area contributed by atoms with Gasteiger partial charge in [0.2, 0.25) is 5.91 Å². The molecule has 0 aliphatic rings. The van der Waals surface area contributed by atoms with Gasteiger partial charge in [-0.05, 0) is 56.2 Å². The number of rotatable bonds is 7. The number of para-hydroxylation sites is 1. The van der Waals surface area contributed by atoms with Gasteiger partial charge in [-0.25, -0.2) is 0 Å². The molecule has 0 fully saturated rings. The van der Waals surface area contributed by atoms with Crippen molar-refractivity contribution in [1.82, 2.24) is 4.90 Å². The van der Waals surface area contributed by atoms with Gasteiger partial charge in [0.1, 0.15) is 0 Å². The quantitative estimate of drug-likeness (QED) is 0.760. The topological polar surface area (TPSA) is 75.4 Å². The van der Waals surface area contributed by atoms with Crippen molar-refractivity contribution in [2.75, 3.05) is 24.1 Å². The van der Waals surface area contributed by atoms with Crippen molar-refractivity contribution >= 4 is 23.2 Å². The highest BCUT2D eigenvalue weighted by Gasteiger charge is 2.12. The van der Waals surface area contributed by atoms with E-state index in [1.807, 2.05) is 38.1 Å². The lowest BCUT2D eigenvalue weighted by molar-refractivity contribution is -0.116. The van der Waals surface area contributed by atoms with E-state index in [4.69, 9.17) is 5.73 Å². The van der Waals surface area contributed by atoms with Crippen LogP contribution >= 0.6 is 0 Å². The fourth-order valence-electron chi connectivity index (χ4n) is 2.62. The van der Waals surface area contributed by atoms with E-state index in [1.165, 1.54) is 0 Å². The number of carbonyl (C=O) groups excluding carboxylic acids is 2. The average Bonchev–Trinajstić information content (AvgIpc) is 2.62. The zero-order chi connectivity index (χ0) is 18.2. The van der Waals surface area contributed by atoms with E-state index in [0.29, 0.717) is 42.9 Å². The smallest absolute Gasteiger partial charge is 0.253 e. The van der Waals surface area contributed by atoms with Crippen LogP contribution in [0.4, 0.5) is 11.4 Å².